The molecule has 0 aliphatic rings. The van der Waals surface area contributed by atoms with Crippen LogP contribution in [0.25, 0.3) is 0 Å². The third-order valence-electron chi connectivity index (χ3n) is 3.37. The van der Waals surface area contributed by atoms with Crippen LogP contribution < -0.4 is 0 Å². The highest BCUT2D eigenvalue weighted by atomic mass is 35.7. The monoisotopic (exact) mass is 300 g/mol. The molecule has 2 nitrogen and oxygen atoms in total. The quantitative estimate of drug-likeness (QED) is 0.683. The van der Waals surface area contributed by atoms with E-state index in [1.807, 2.05) is 6.07 Å². The molecule has 1 rings (SSSR count). The second-order valence-corrected chi connectivity index (χ2v) is 8.41. The van der Waals surface area contributed by atoms with E-state index in [0.717, 1.165) is 26.2 Å². The van der Waals surface area contributed by atoms with Crippen molar-refractivity contribution in [2.24, 2.45) is 0 Å². The van der Waals surface area contributed by atoms with Crippen molar-refractivity contribution in [1.82, 2.24) is 9.34 Å². The van der Waals surface area contributed by atoms with E-state index in [1.54, 1.807) is 0 Å². The van der Waals surface area contributed by atoms with E-state index in [-0.39, 0.29) is 0 Å². The van der Waals surface area contributed by atoms with Crippen LogP contribution in [-0.4, -0.2) is 41.3 Å². The maximum Gasteiger partial charge on any atom is 0.103 e. The first-order chi connectivity index (χ1) is 9.12. The zero-order valence-corrected chi connectivity index (χ0v) is 14.2. The molecule has 0 saturated carbocycles. The van der Waals surface area contributed by atoms with E-state index in [9.17, 15) is 0 Å². The number of benzene rings is 1. The molecule has 0 aliphatic carbocycles. The van der Waals surface area contributed by atoms with Gasteiger partial charge in [0.2, 0.25) is 0 Å². The number of hydrogen-bond donors (Lipinski definition) is 0. The Balaban J connectivity index is 3.29. The normalized spacial score (nSPS) is 12.2. The molecule has 19 heavy (non-hydrogen) atoms. The Bertz CT molecular complexity index is 395. The molecule has 0 N–H and O–H groups in total. The van der Waals surface area contributed by atoms with Gasteiger partial charge in [-0.3, -0.25) is 9.34 Å². The van der Waals surface area contributed by atoms with Crippen LogP contribution in [0.3, 0.4) is 0 Å². The Kier molecular flexibility index (Phi) is 7.17. The van der Waals surface area contributed by atoms with Gasteiger partial charge in [0.15, 0.2) is 0 Å². The van der Waals surface area contributed by atoms with Gasteiger partial charge >= 0.3 is 0 Å². The Labute approximate surface area is 123 Å². The summed E-state index contributed by atoms with van der Waals surface area (Å²) in [5.41, 5.74) is 1.21. The number of rotatable bonds is 7. The largest absolute Gasteiger partial charge is 0.261 e. The molecular formula is C15H26ClN2P. The number of halogens is 1. The Morgan fingerprint density at radius 3 is 1.68 bits per heavy atom. The first kappa shape index (κ1) is 16.8. The molecule has 1 aromatic carbocycles. The summed E-state index contributed by atoms with van der Waals surface area (Å²) in [6.45, 7) is 10.8. The van der Waals surface area contributed by atoms with Gasteiger partial charge in [-0.2, -0.15) is 0 Å². The molecule has 0 radical (unpaired) electrons. The van der Waals surface area contributed by atoms with Crippen LogP contribution in [-0.2, 0) is 0 Å². The highest BCUT2D eigenvalue weighted by Crippen LogP contribution is 2.59. The van der Waals surface area contributed by atoms with Gasteiger partial charge in [-0.05, 0) is 11.4 Å². The average Bonchev–Trinajstić information content (AvgIpc) is 2.42. The molecule has 0 fully saturated rings. The molecule has 0 amide bonds. The summed E-state index contributed by atoms with van der Waals surface area (Å²) < 4.78 is 4.79. The molecule has 0 aliphatic heterocycles. The van der Waals surface area contributed by atoms with Gasteiger partial charge < -0.3 is 0 Å². The van der Waals surface area contributed by atoms with Crippen molar-refractivity contribution in [1.29, 1.82) is 0 Å². The first-order valence-corrected chi connectivity index (χ1v) is 9.79. The van der Waals surface area contributed by atoms with Crippen LogP contribution in [0.15, 0.2) is 30.3 Å². The minimum absolute atomic E-state index is 0.980. The lowest BCUT2D eigenvalue weighted by Crippen LogP contribution is -2.30. The molecule has 0 bridgehead atoms. The molecule has 0 heterocycles. The average molecular weight is 301 g/mol. The minimum Gasteiger partial charge on any atom is -0.261 e. The van der Waals surface area contributed by atoms with E-state index in [1.165, 1.54) is 5.56 Å². The fraction of sp³-hybridized carbons (Fsp3) is 0.533. The van der Waals surface area contributed by atoms with Crippen LogP contribution in [0.1, 0.15) is 33.3 Å². The molecule has 0 atom stereocenters. The standard InChI is InChI=1S/C15H26ClN2P/c1-5-17(6-2)19(16,18(7-3)8-4)14-15-12-10-9-11-13-15/h9-14H,5-8H2,1-4H3. The van der Waals surface area contributed by atoms with Gasteiger partial charge in [0.25, 0.3) is 0 Å². The zero-order valence-electron chi connectivity index (χ0n) is 12.5. The molecule has 0 aromatic heterocycles. The highest BCUT2D eigenvalue weighted by molar-refractivity contribution is 7.94. The third-order valence-corrected chi connectivity index (χ3v) is 8.29. The van der Waals surface area contributed by atoms with Crippen LogP contribution in [0.4, 0.5) is 0 Å². The first-order valence-electron chi connectivity index (χ1n) is 7.12. The second-order valence-electron chi connectivity index (χ2n) is 4.39. The van der Waals surface area contributed by atoms with E-state index < -0.39 is 6.54 Å². The lowest BCUT2D eigenvalue weighted by atomic mass is 10.2. The Morgan fingerprint density at radius 2 is 1.32 bits per heavy atom. The summed E-state index contributed by atoms with van der Waals surface area (Å²) in [6.07, 6.45) is 0. The maximum absolute atomic E-state index is 7.11. The van der Waals surface area contributed by atoms with Crippen molar-refractivity contribution in [2.75, 3.05) is 26.2 Å². The molecule has 1 aromatic rings. The summed E-state index contributed by atoms with van der Waals surface area (Å²) in [5, 5.41) is 0. The third kappa shape index (κ3) is 4.10. The van der Waals surface area contributed by atoms with Crippen LogP contribution >= 0.6 is 17.8 Å². The number of nitrogens with zero attached hydrogens (tertiary/aromatic N) is 2. The van der Waals surface area contributed by atoms with Gasteiger partial charge in [-0.1, -0.05) is 69.3 Å². The smallest absolute Gasteiger partial charge is 0.103 e. The zero-order chi connectivity index (χ0) is 14.3. The lowest BCUT2D eigenvalue weighted by molar-refractivity contribution is 0.431. The Hall–Kier alpha value is -0.270. The van der Waals surface area contributed by atoms with Gasteiger partial charge in [-0.15, -0.1) is 0 Å². The minimum atomic E-state index is -1.90. The van der Waals surface area contributed by atoms with Crippen LogP contribution in [0.5, 0.6) is 0 Å². The Morgan fingerprint density at radius 1 is 0.895 bits per heavy atom. The molecule has 0 spiro atoms. The van der Waals surface area contributed by atoms with Crippen molar-refractivity contribution in [3.8, 4) is 0 Å². The topological polar surface area (TPSA) is 6.48 Å². The fourth-order valence-electron chi connectivity index (χ4n) is 2.31. The summed E-state index contributed by atoms with van der Waals surface area (Å²) in [6, 6.07) is 10.4. The van der Waals surface area contributed by atoms with Gasteiger partial charge in [-0.25, -0.2) is 0 Å². The van der Waals surface area contributed by atoms with Crippen molar-refractivity contribution in [3.05, 3.63) is 35.9 Å². The predicted octanol–water partition coefficient (Wildman–Crippen LogP) is 4.52. The van der Waals surface area contributed by atoms with Gasteiger partial charge in [0.05, 0.1) is 0 Å². The van der Waals surface area contributed by atoms with Gasteiger partial charge in [0.1, 0.15) is 6.54 Å². The lowest BCUT2D eigenvalue weighted by Gasteiger charge is -2.39. The summed E-state index contributed by atoms with van der Waals surface area (Å²) in [7, 11) is 0. The molecular weight excluding hydrogens is 275 g/mol. The van der Waals surface area contributed by atoms with Crippen molar-refractivity contribution < 1.29 is 0 Å². The molecule has 0 saturated heterocycles. The van der Waals surface area contributed by atoms with Crippen molar-refractivity contribution in [3.63, 3.8) is 0 Å². The molecule has 0 unspecified atom stereocenters. The maximum atomic E-state index is 7.11. The van der Waals surface area contributed by atoms with Crippen molar-refractivity contribution in [2.45, 2.75) is 27.7 Å². The highest BCUT2D eigenvalue weighted by Gasteiger charge is 2.26. The predicted molar refractivity (Wildman–Crippen MR) is 90.2 cm³/mol. The van der Waals surface area contributed by atoms with E-state index in [0.29, 0.717) is 0 Å². The summed E-state index contributed by atoms with van der Waals surface area (Å²) >= 11 is 7.11. The molecule has 108 valence electrons. The number of hydrogen-bond acceptors (Lipinski definition) is 2. The van der Waals surface area contributed by atoms with Crippen LogP contribution in [0.2, 0.25) is 0 Å². The van der Waals surface area contributed by atoms with Crippen LogP contribution in [0, 0.1) is 0 Å². The van der Waals surface area contributed by atoms with E-state index >= 15 is 0 Å². The summed E-state index contributed by atoms with van der Waals surface area (Å²) in [5.74, 6) is 2.27. The SMILES string of the molecule is CCN(CC)P(Cl)(=Cc1ccccc1)N(CC)CC. The fourth-order valence-corrected chi connectivity index (χ4v) is 6.76. The molecule has 4 heteroatoms. The van der Waals surface area contributed by atoms with E-state index in [4.69, 9.17) is 11.2 Å². The second kappa shape index (κ2) is 8.11. The summed E-state index contributed by atoms with van der Waals surface area (Å²) in [4.78, 5) is 0. The van der Waals surface area contributed by atoms with Crippen molar-refractivity contribution >= 4 is 23.6 Å². The van der Waals surface area contributed by atoms with Gasteiger partial charge in [0, 0.05) is 26.2 Å². The van der Waals surface area contributed by atoms with E-state index in [2.05, 4.69) is 67.1 Å².